The number of Topliss-reactive ketones (excluding diaryl/α,β-unsaturated/α-hetero) is 1. The highest BCUT2D eigenvalue weighted by Crippen LogP contribution is 2.25. The summed E-state index contributed by atoms with van der Waals surface area (Å²) in [6.45, 7) is 2.27. The molecule has 0 atom stereocenters. The fourth-order valence-corrected chi connectivity index (χ4v) is 4.32. The number of para-hydroxylation sites is 3. The van der Waals surface area contributed by atoms with Gasteiger partial charge < -0.3 is 9.88 Å². The number of nitrogens with zero attached hydrogens (tertiary/aromatic N) is 2. The lowest BCUT2D eigenvalue weighted by atomic mass is 10.1. The Balaban J connectivity index is 1.49. The fourth-order valence-electron chi connectivity index (χ4n) is 3.48. The maximum Gasteiger partial charge on any atom is 0.234 e. The van der Waals surface area contributed by atoms with Gasteiger partial charge in [-0.3, -0.25) is 9.59 Å². The van der Waals surface area contributed by atoms with Gasteiger partial charge in [0.15, 0.2) is 10.9 Å². The zero-order valence-corrected chi connectivity index (χ0v) is 18.1. The van der Waals surface area contributed by atoms with E-state index in [4.69, 9.17) is 4.98 Å². The molecule has 0 aliphatic heterocycles. The molecule has 1 amide bonds. The van der Waals surface area contributed by atoms with Gasteiger partial charge in [0.2, 0.25) is 5.91 Å². The molecule has 31 heavy (non-hydrogen) atoms. The molecule has 0 radical (unpaired) electrons. The number of carbonyl (C=O) groups is 2. The Morgan fingerprint density at radius 3 is 2.45 bits per heavy atom. The lowest BCUT2D eigenvalue weighted by Gasteiger charge is -2.10. The molecule has 0 saturated carbocycles. The highest BCUT2D eigenvalue weighted by atomic mass is 32.2. The molecule has 0 aliphatic rings. The van der Waals surface area contributed by atoms with E-state index in [1.165, 1.54) is 24.2 Å². The summed E-state index contributed by atoms with van der Waals surface area (Å²) >= 11 is 1.40. The molecule has 0 aliphatic carbocycles. The Morgan fingerprint density at radius 2 is 1.65 bits per heavy atom. The van der Waals surface area contributed by atoms with Crippen molar-refractivity contribution in [3.05, 3.63) is 90.0 Å². The minimum Gasteiger partial charge on any atom is -0.325 e. The van der Waals surface area contributed by atoms with Crippen molar-refractivity contribution in [3.8, 4) is 0 Å². The monoisotopic (exact) mass is 429 g/mol. The van der Waals surface area contributed by atoms with Crippen LogP contribution in [-0.2, 0) is 17.8 Å². The highest BCUT2D eigenvalue weighted by Gasteiger charge is 2.14. The normalized spacial score (nSPS) is 10.9. The van der Waals surface area contributed by atoms with Gasteiger partial charge in [0.1, 0.15) is 0 Å². The summed E-state index contributed by atoms with van der Waals surface area (Å²) < 4.78 is 2.17. The molecule has 1 aromatic heterocycles. The molecule has 0 bridgehead atoms. The first-order chi connectivity index (χ1) is 15.1. The van der Waals surface area contributed by atoms with Crippen LogP contribution in [-0.4, -0.2) is 27.0 Å². The first-order valence-corrected chi connectivity index (χ1v) is 11.1. The molecule has 1 heterocycles. The number of amides is 1. The summed E-state index contributed by atoms with van der Waals surface area (Å²) in [4.78, 5) is 29.1. The van der Waals surface area contributed by atoms with Crippen molar-refractivity contribution >= 4 is 40.2 Å². The standard InChI is InChI=1S/C25H23N3O2S/c1-18(29)20-11-5-6-12-21(20)26-24(30)17-31-25-27-22-13-7-8-14-23(22)28(25)16-15-19-9-3-2-4-10-19/h2-14H,15-17H2,1H3,(H,26,30). The number of carbonyl (C=O) groups excluding carboxylic acids is 2. The van der Waals surface area contributed by atoms with Crippen molar-refractivity contribution in [2.75, 3.05) is 11.1 Å². The summed E-state index contributed by atoms with van der Waals surface area (Å²) in [5.74, 6) is -0.0346. The van der Waals surface area contributed by atoms with Crippen LogP contribution in [0.25, 0.3) is 11.0 Å². The topological polar surface area (TPSA) is 64.0 Å². The van der Waals surface area contributed by atoms with Crippen molar-refractivity contribution in [3.63, 3.8) is 0 Å². The molecule has 0 fully saturated rings. The van der Waals surface area contributed by atoms with Gasteiger partial charge >= 0.3 is 0 Å². The third-order valence-corrected chi connectivity index (χ3v) is 5.98. The van der Waals surface area contributed by atoms with Gasteiger partial charge in [-0.05, 0) is 43.2 Å². The van der Waals surface area contributed by atoms with E-state index in [-0.39, 0.29) is 17.4 Å². The van der Waals surface area contributed by atoms with Crippen molar-refractivity contribution in [1.29, 1.82) is 0 Å². The van der Waals surface area contributed by atoms with Crippen LogP contribution in [0, 0.1) is 0 Å². The fraction of sp³-hybridized carbons (Fsp3) is 0.160. The van der Waals surface area contributed by atoms with Crippen molar-refractivity contribution < 1.29 is 9.59 Å². The Morgan fingerprint density at radius 1 is 0.935 bits per heavy atom. The van der Waals surface area contributed by atoms with Crippen LogP contribution < -0.4 is 5.32 Å². The van der Waals surface area contributed by atoms with E-state index in [0.717, 1.165) is 29.2 Å². The third kappa shape index (κ3) is 5.03. The molecule has 4 rings (SSSR count). The minimum absolute atomic E-state index is 0.0775. The van der Waals surface area contributed by atoms with Crippen LogP contribution in [0.3, 0.4) is 0 Å². The van der Waals surface area contributed by atoms with Gasteiger partial charge in [-0.1, -0.05) is 66.4 Å². The number of rotatable bonds is 8. The molecular weight excluding hydrogens is 406 g/mol. The first kappa shape index (κ1) is 20.9. The van der Waals surface area contributed by atoms with Crippen LogP contribution in [0.4, 0.5) is 5.69 Å². The number of nitrogens with one attached hydrogen (secondary N) is 1. The molecule has 3 aromatic carbocycles. The van der Waals surface area contributed by atoms with Gasteiger partial charge in [-0.25, -0.2) is 4.98 Å². The number of hydrogen-bond acceptors (Lipinski definition) is 4. The number of anilines is 1. The Hall–Kier alpha value is -3.38. The number of ketones is 1. The van der Waals surface area contributed by atoms with Gasteiger partial charge in [-0.15, -0.1) is 0 Å². The van der Waals surface area contributed by atoms with Gasteiger partial charge in [-0.2, -0.15) is 0 Å². The molecule has 0 saturated heterocycles. The molecule has 4 aromatic rings. The Bertz CT molecular complexity index is 1220. The Labute approximate surface area is 185 Å². The van der Waals surface area contributed by atoms with Crippen LogP contribution in [0.5, 0.6) is 0 Å². The van der Waals surface area contributed by atoms with E-state index < -0.39 is 0 Å². The molecule has 6 heteroatoms. The third-order valence-electron chi connectivity index (χ3n) is 5.00. The highest BCUT2D eigenvalue weighted by molar-refractivity contribution is 7.99. The number of benzene rings is 3. The minimum atomic E-state index is -0.166. The second-order valence-corrected chi connectivity index (χ2v) is 8.15. The van der Waals surface area contributed by atoms with Crippen molar-refractivity contribution in [2.45, 2.75) is 25.0 Å². The maximum absolute atomic E-state index is 12.6. The van der Waals surface area contributed by atoms with Crippen LogP contribution in [0.2, 0.25) is 0 Å². The molecule has 5 nitrogen and oxygen atoms in total. The lowest BCUT2D eigenvalue weighted by molar-refractivity contribution is -0.113. The summed E-state index contributed by atoms with van der Waals surface area (Å²) in [5, 5.41) is 3.67. The van der Waals surface area contributed by atoms with Gasteiger partial charge in [0, 0.05) is 12.1 Å². The van der Waals surface area contributed by atoms with E-state index in [0.29, 0.717) is 11.3 Å². The molecule has 1 N–H and O–H groups in total. The van der Waals surface area contributed by atoms with E-state index in [9.17, 15) is 9.59 Å². The summed E-state index contributed by atoms with van der Waals surface area (Å²) in [6.07, 6.45) is 0.882. The average molecular weight is 430 g/mol. The number of thioether (sulfide) groups is 1. The van der Waals surface area contributed by atoms with Crippen molar-refractivity contribution in [1.82, 2.24) is 9.55 Å². The van der Waals surface area contributed by atoms with E-state index in [1.54, 1.807) is 24.3 Å². The number of hydrogen-bond donors (Lipinski definition) is 1. The summed E-state index contributed by atoms with van der Waals surface area (Å²) in [6, 6.07) is 25.4. The van der Waals surface area contributed by atoms with Crippen LogP contribution in [0.1, 0.15) is 22.8 Å². The zero-order chi connectivity index (χ0) is 21.6. The van der Waals surface area contributed by atoms with Crippen LogP contribution >= 0.6 is 11.8 Å². The predicted molar refractivity (Wildman–Crippen MR) is 126 cm³/mol. The second kappa shape index (κ2) is 9.62. The summed E-state index contributed by atoms with van der Waals surface area (Å²) in [5.41, 5.74) is 4.28. The predicted octanol–water partition coefficient (Wildman–Crippen LogP) is 5.21. The smallest absolute Gasteiger partial charge is 0.234 e. The van der Waals surface area contributed by atoms with Gasteiger partial charge in [0.05, 0.1) is 22.5 Å². The molecular formula is C25H23N3O2S. The number of imidazole rings is 1. The lowest BCUT2D eigenvalue weighted by Crippen LogP contribution is -2.16. The van der Waals surface area contributed by atoms with E-state index >= 15 is 0 Å². The Kier molecular flexibility index (Phi) is 6.48. The van der Waals surface area contributed by atoms with Crippen LogP contribution in [0.15, 0.2) is 84.0 Å². The maximum atomic E-state index is 12.6. The average Bonchev–Trinajstić information content (AvgIpc) is 3.14. The molecule has 0 spiro atoms. The molecule has 0 unspecified atom stereocenters. The SMILES string of the molecule is CC(=O)c1ccccc1NC(=O)CSc1nc2ccccc2n1CCc1ccccc1. The summed E-state index contributed by atoms with van der Waals surface area (Å²) in [7, 11) is 0. The quantitative estimate of drug-likeness (QED) is 0.308. The van der Waals surface area contributed by atoms with Crippen molar-refractivity contribution in [2.24, 2.45) is 0 Å². The largest absolute Gasteiger partial charge is 0.325 e. The van der Waals surface area contributed by atoms with E-state index in [2.05, 4.69) is 28.1 Å². The number of aryl methyl sites for hydroxylation is 2. The molecule has 156 valence electrons. The first-order valence-electron chi connectivity index (χ1n) is 10.1. The number of aromatic nitrogens is 2. The second-order valence-electron chi connectivity index (χ2n) is 7.21. The zero-order valence-electron chi connectivity index (χ0n) is 17.2. The van der Waals surface area contributed by atoms with Gasteiger partial charge in [0.25, 0.3) is 0 Å². The van der Waals surface area contributed by atoms with E-state index in [1.807, 2.05) is 36.4 Å². The number of fused-ring (bicyclic) bond motifs is 1.